The van der Waals surface area contributed by atoms with Crippen LogP contribution in [0.2, 0.25) is 10.0 Å². The fourth-order valence-electron chi connectivity index (χ4n) is 7.96. The molecule has 56 heavy (non-hydrogen) atoms. The number of benzene rings is 3. The Morgan fingerprint density at radius 3 is 2.29 bits per heavy atom. The number of imide groups is 1. The highest BCUT2D eigenvalue weighted by molar-refractivity contribution is 6.40. The van der Waals surface area contributed by atoms with Crippen molar-refractivity contribution in [1.29, 1.82) is 0 Å². The number of halogens is 3. The molecule has 13 nitrogen and oxygen atoms in total. The normalized spacial score (nSPS) is 19.6. The van der Waals surface area contributed by atoms with Crippen LogP contribution >= 0.6 is 23.2 Å². The van der Waals surface area contributed by atoms with Crippen molar-refractivity contribution in [3.05, 3.63) is 88.3 Å². The number of hydrogen-bond donors (Lipinski definition) is 3. The number of piperazine rings is 1. The summed E-state index contributed by atoms with van der Waals surface area (Å²) in [5.41, 5.74) is 3.93. The Kier molecular flexibility index (Phi) is 10.9. The van der Waals surface area contributed by atoms with Gasteiger partial charge in [0.1, 0.15) is 23.2 Å². The molecule has 0 aliphatic carbocycles. The maximum Gasteiger partial charge on any atom is 0.265 e. The smallest absolute Gasteiger partial charge is 0.265 e. The number of carbonyl (C=O) groups is 3. The fourth-order valence-corrected chi connectivity index (χ4v) is 8.56. The van der Waals surface area contributed by atoms with Gasteiger partial charge in [-0.25, -0.2) is 9.37 Å². The molecule has 8 rings (SSSR count). The lowest BCUT2D eigenvalue weighted by Crippen LogP contribution is -2.49. The number of para-hydroxylation sites is 1. The van der Waals surface area contributed by atoms with Gasteiger partial charge in [0, 0.05) is 82.5 Å². The molecule has 292 valence electrons. The lowest BCUT2D eigenvalue weighted by atomic mass is 9.95. The number of fused-ring (bicyclic) bond motifs is 1. The van der Waals surface area contributed by atoms with Crippen LogP contribution < -0.4 is 35.6 Å². The highest BCUT2D eigenvalue weighted by atomic mass is 35.5. The highest BCUT2D eigenvalue weighted by Gasteiger charge is 2.33. The van der Waals surface area contributed by atoms with E-state index in [2.05, 4.69) is 52.8 Å². The molecule has 16 heteroatoms. The molecule has 4 aliphatic rings. The van der Waals surface area contributed by atoms with Gasteiger partial charge in [-0.15, -0.1) is 0 Å². The molecule has 0 bridgehead atoms. The molecular formula is C40H43Cl2FN10O3. The molecule has 5 heterocycles. The Balaban J connectivity index is 0.793. The lowest BCUT2D eigenvalue weighted by molar-refractivity contribution is -0.133. The van der Waals surface area contributed by atoms with Crippen molar-refractivity contribution in [2.24, 2.45) is 5.92 Å². The molecule has 1 aromatic heterocycles. The zero-order chi connectivity index (χ0) is 38.9. The summed E-state index contributed by atoms with van der Waals surface area (Å²) in [5.74, 6) is 0.238. The van der Waals surface area contributed by atoms with Gasteiger partial charge in [0.05, 0.1) is 28.1 Å². The van der Waals surface area contributed by atoms with Gasteiger partial charge in [-0.3, -0.25) is 29.5 Å². The summed E-state index contributed by atoms with van der Waals surface area (Å²) in [6.07, 6.45) is 4.19. The summed E-state index contributed by atoms with van der Waals surface area (Å²) >= 11 is 12.8. The van der Waals surface area contributed by atoms with Crippen molar-refractivity contribution >= 4 is 81.1 Å². The van der Waals surface area contributed by atoms with E-state index in [1.165, 1.54) is 17.2 Å². The number of hydrogen-bond acceptors (Lipinski definition) is 11. The van der Waals surface area contributed by atoms with Gasteiger partial charge >= 0.3 is 0 Å². The monoisotopic (exact) mass is 800 g/mol. The van der Waals surface area contributed by atoms with E-state index in [1.807, 2.05) is 24.1 Å². The standard InChI is InChI=1S/C40H43Cl2FN10O3/c1-49-24-53(36-30(41)3-2-4-31(36)42)39(56)29-22-44-40(48-37(29)49)46-26-5-8-28(9-6-26)51-19-17-50(18-20-51)23-25-13-15-52(16-14-25)34-11-7-27(21-32(34)43)45-33-10-12-35(54)47-38(33)55/h2-9,11,21-22,25,33,45H,10,12-20,23-24H2,1H3,(H,44,46,48)(H,47,54,55). The largest absolute Gasteiger partial charge is 0.374 e. The number of aromatic nitrogens is 2. The predicted molar refractivity (Wildman–Crippen MR) is 218 cm³/mol. The molecule has 3 aromatic carbocycles. The van der Waals surface area contributed by atoms with Gasteiger partial charge in [-0.1, -0.05) is 29.3 Å². The lowest BCUT2D eigenvalue weighted by Gasteiger charge is -2.40. The van der Waals surface area contributed by atoms with Gasteiger partial charge in [0.2, 0.25) is 17.8 Å². The Morgan fingerprint density at radius 1 is 0.875 bits per heavy atom. The number of carbonyl (C=O) groups excluding carboxylic acids is 3. The summed E-state index contributed by atoms with van der Waals surface area (Å²) in [7, 11) is 1.86. The van der Waals surface area contributed by atoms with Gasteiger partial charge in [0.15, 0.2) is 0 Å². The van der Waals surface area contributed by atoms with E-state index < -0.39 is 6.04 Å². The third-order valence-corrected chi connectivity index (χ3v) is 11.6. The van der Waals surface area contributed by atoms with Gasteiger partial charge in [-0.05, 0) is 79.8 Å². The third-order valence-electron chi connectivity index (χ3n) is 11.0. The molecule has 3 amide bonds. The van der Waals surface area contributed by atoms with Crippen molar-refractivity contribution in [3.8, 4) is 0 Å². The zero-order valence-electron chi connectivity index (χ0n) is 31.0. The van der Waals surface area contributed by atoms with Crippen molar-refractivity contribution in [2.75, 3.05) is 89.8 Å². The predicted octanol–water partition coefficient (Wildman–Crippen LogP) is 5.98. The first-order chi connectivity index (χ1) is 27.1. The number of anilines is 7. The number of amides is 3. The summed E-state index contributed by atoms with van der Waals surface area (Å²) in [6.45, 7) is 6.68. The first-order valence-corrected chi connectivity index (χ1v) is 19.7. The molecule has 3 fully saturated rings. The van der Waals surface area contributed by atoms with Crippen LogP contribution in [0.3, 0.4) is 0 Å². The van der Waals surface area contributed by atoms with E-state index >= 15 is 4.39 Å². The van der Waals surface area contributed by atoms with Crippen LogP contribution in [-0.4, -0.2) is 98.2 Å². The second kappa shape index (κ2) is 16.1. The van der Waals surface area contributed by atoms with Crippen LogP contribution in [0.1, 0.15) is 36.0 Å². The maximum atomic E-state index is 15.2. The van der Waals surface area contributed by atoms with Gasteiger partial charge in [0.25, 0.3) is 5.91 Å². The highest BCUT2D eigenvalue weighted by Crippen LogP contribution is 2.38. The molecule has 3 N–H and O–H groups in total. The summed E-state index contributed by atoms with van der Waals surface area (Å²) in [6, 6.07) is 17.9. The van der Waals surface area contributed by atoms with Crippen LogP contribution in [0.5, 0.6) is 0 Å². The number of rotatable bonds is 9. The van der Waals surface area contributed by atoms with Crippen LogP contribution in [0.4, 0.5) is 44.6 Å². The van der Waals surface area contributed by atoms with E-state index in [0.717, 1.165) is 70.0 Å². The molecule has 4 aliphatic heterocycles. The van der Waals surface area contributed by atoms with Crippen molar-refractivity contribution in [1.82, 2.24) is 20.2 Å². The average Bonchev–Trinajstić information content (AvgIpc) is 3.19. The molecule has 1 unspecified atom stereocenters. The average molecular weight is 802 g/mol. The van der Waals surface area contributed by atoms with Crippen LogP contribution in [-0.2, 0) is 9.59 Å². The minimum absolute atomic E-state index is 0.236. The van der Waals surface area contributed by atoms with E-state index in [-0.39, 0.29) is 36.6 Å². The molecule has 4 aromatic rings. The Labute approximate surface area is 334 Å². The van der Waals surface area contributed by atoms with Crippen LogP contribution in [0, 0.1) is 11.7 Å². The quantitative estimate of drug-likeness (QED) is 0.173. The second-order valence-electron chi connectivity index (χ2n) is 14.8. The van der Waals surface area contributed by atoms with E-state index in [1.54, 1.807) is 30.3 Å². The van der Waals surface area contributed by atoms with Gasteiger partial charge < -0.3 is 25.3 Å². The summed E-state index contributed by atoms with van der Waals surface area (Å²) in [4.78, 5) is 56.5. The molecule has 0 spiro atoms. The Hall–Kier alpha value is -5.18. The van der Waals surface area contributed by atoms with E-state index in [0.29, 0.717) is 56.8 Å². The molecule has 0 saturated carbocycles. The zero-order valence-corrected chi connectivity index (χ0v) is 32.5. The van der Waals surface area contributed by atoms with E-state index in [9.17, 15) is 14.4 Å². The fraction of sp³-hybridized carbons (Fsp3) is 0.375. The van der Waals surface area contributed by atoms with Gasteiger partial charge in [-0.2, -0.15) is 4.98 Å². The minimum Gasteiger partial charge on any atom is -0.374 e. The summed E-state index contributed by atoms with van der Waals surface area (Å²) in [5, 5.41) is 9.45. The Bertz CT molecular complexity index is 2110. The first-order valence-electron chi connectivity index (χ1n) is 18.9. The molecule has 0 radical (unpaired) electrons. The molecule has 3 saturated heterocycles. The van der Waals surface area contributed by atoms with Crippen molar-refractivity contribution in [2.45, 2.75) is 31.7 Å². The second-order valence-corrected chi connectivity index (χ2v) is 15.6. The Morgan fingerprint density at radius 2 is 1.59 bits per heavy atom. The summed E-state index contributed by atoms with van der Waals surface area (Å²) < 4.78 is 15.2. The number of piperidine rings is 2. The van der Waals surface area contributed by atoms with Crippen molar-refractivity contribution < 1.29 is 18.8 Å². The number of nitrogens with zero attached hydrogens (tertiary/aromatic N) is 7. The minimum atomic E-state index is -0.546. The third kappa shape index (κ3) is 8.04. The first kappa shape index (κ1) is 37.7. The van der Waals surface area contributed by atoms with Crippen LogP contribution in [0.15, 0.2) is 66.9 Å². The van der Waals surface area contributed by atoms with E-state index in [4.69, 9.17) is 23.2 Å². The van der Waals surface area contributed by atoms with Crippen LogP contribution in [0.25, 0.3) is 0 Å². The number of nitrogens with one attached hydrogen (secondary N) is 3. The maximum absolute atomic E-state index is 15.2. The SMILES string of the molecule is CN1CN(c2c(Cl)cccc2Cl)C(=O)c2cnc(Nc3ccc(N4CCN(CC5CCN(c6ccc(NC7CCC(=O)NC7=O)cc6F)CC5)CC4)cc3)nc21. The molecule has 1 atom stereocenters. The topological polar surface area (TPSA) is 129 Å². The molecular weight excluding hydrogens is 758 g/mol. The van der Waals surface area contributed by atoms with Crippen molar-refractivity contribution in [3.63, 3.8) is 0 Å².